The summed E-state index contributed by atoms with van der Waals surface area (Å²) in [5.74, 6) is -1.31. The van der Waals surface area contributed by atoms with E-state index in [0.29, 0.717) is 5.02 Å². The molecule has 2 aromatic carbocycles. The Balaban J connectivity index is 2.30. The topological polar surface area (TPSA) is 78.4 Å². The Morgan fingerprint density at radius 3 is 1.67 bits per heavy atom. The monoisotopic (exact) mass is 426 g/mol. The van der Waals surface area contributed by atoms with Crippen LogP contribution in [0, 0.1) is 0 Å². The molecule has 24 heavy (non-hydrogen) atoms. The van der Waals surface area contributed by atoms with Crippen LogP contribution in [-0.2, 0) is 0 Å². The van der Waals surface area contributed by atoms with Gasteiger partial charge in [0, 0.05) is 10.0 Å². The molecular weight excluding hydrogens is 421 g/mol. The lowest BCUT2D eigenvalue weighted by Gasteiger charge is -2.14. The molecule has 2 rings (SSSR count). The molecule has 0 saturated carbocycles. The molecule has 0 aromatic heterocycles. The first-order valence-electron chi connectivity index (χ1n) is 6.14. The molecule has 0 aliphatic heterocycles. The Kier molecular flexibility index (Phi) is 6.06. The van der Waals surface area contributed by atoms with Crippen molar-refractivity contribution >= 4 is 81.4 Å². The minimum Gasteiger partial charge on any atom is -0.478 e. The van der Waals surface area contributed by atoms with Crippen LogP contribution >= 0.6 is 58.0 Å². The molecule has 2 aromatic rings. The Labute approximate surface area is 161 Å². The van der Waals surface area contributed by atoms with Crippen molar-refractivity contribution < 1.29 is 14.7 Å². The molecule has 0 radical (unpaired) electrons. The highest BCUT2D eigenvalue weighted by molar-refractivity contribution is 6.42. The van der Waals surface area contributed by atoms with Gasteiger partial charge in [-0.1, -0.05) is 58.0 Å². The van der Waals surface area contributed by atoms with E-state index in [1.807, 2.05) is 0 Å². The summed E-state index contributed by atoms with van der Waals surface area (Å²) in [7, 11) is 0. The summed E-state index contributed by atoms with van der Waals surface area (Å²) in [4.78, 5) is 23.4. The second kappa shape index (κ2) is 7.68. The zero-order valence-corrected chi connectivity index (χ0v) is 15.2. The van der Waals surface area contributed by atoms with Crippen molar-refractivity contribution in [1.29, 1.82) is 0 Å². The predicted molar refractivity (Wildman–Crippen MR) is 97.5 cm³/mol. The number of carboxylic acids is 1. The fourth-order valence-electron chi connectivity index (χ4n) is 1.79. The van der Waals surface area contributed by atoms with E-state index in [1.54, 1.807) is 0 Å². The number of hydrogen-bond donors (Lipinski definition) is 3. The quantitative estimate of drug-likeness (QED) is 0.537. The number of halogens is 5. The number of urea groups is 1. The van der Waals surface area contributed by atoms with Gasteiger partial charge in [0.1, 0.15) is 0 Å². The lowest BCUT2D eigenvalue weighted by Crippen LogP contribution is -2.21. The average Bonchev–Trinajstić information content (AvgIpc) is 2.45. The normalized spacial score (nSPS) is 10.4. The molecule has 10 heteroatoms. The fourth-order valence-corrected chi connectivity index (χ4v) is 3.24. The molecule has 0 unspecified atom stereocenters. The van der Waals surface area contributed by atoms with Crippen LogP contribution in [0.5, 0.6) is 0 Å². The molecule has 126 valence electrons. The van der Waals surface area contributed by atoms with Crippen LogP contribution in [0.15, 0.2) is 24.3 Å². The first kappa shape index (κ1) is 19.0. The summed E-state index contributed by atoms with van der Waals surface area (Å²) >= 11 is 29.4. The second-order valence-corrected chi connectivity index (χ2v) is 6.53. The molecule has 0 aliphatic rings. The maximum atomic E-state index is 12.1. The van der Waals surface area contributed by atoms with Crippen LogP contribution in [0.2, 0.25) is 25.1 Å². The van der Waals surface area contributed by atoms with Gasteiger partial charge in [-0.05, 0) is 24.3 Å². The van der Waals surface area contributed by atoms with Crippen LogP contribution in [0.25, 0.3) is 0 Å². The van der Waals surface area contributed by atoms with Gasteiger partial charge in [-0.3, -0.25) is 0 Å². The SMILES string of the molecule is O=C(Nc1c(Cl)cc(Cl)cc1Cl)Nc1c(Cl)cc(Cl)cc1C(=O)O. The predicted octanol–water partition coefficient (Wildman–Crippen LogP) is 6.30. The first-order chi connectivity index (χ1) is 11.2. The number of amides is 2. The van der Waals surface area contributed by atoms with Crippen molar-refractivity contribution in [2.24, 2.45) is 0 Å². The van der Waals surface area contributed by atoms with Crippen molar-refractivity contribution in [3.63, 3.8) is 0 Å². The lowest BCUT2D eigenvalue weighted by atomic mass is 10.2. The van der Waals surface area contributed by atoms with E-state index in [4.69, 9.17) is 58.0 Å². The molecule has 0 spiro atoms. The summed E-state index contributed by atoms with van der Waals surface area (Å²) in [5, 5.41) is 14.5. The van der Waals surface area contributed by atoms with Crippen LogP contribution in [0.4, 0.5) is 16.2 Å². The van der Waals surface area contributed by atoms with Crippen molar-refractivity contribution in [2.75, 3.05) is 10.6 Å². The van der Waals surface area contributed by atoms with E-state index in [0.717, 1.165) is 6.07 Å². The molecule has 0 bridgehead atoms. The number of benzene rings is 2. The van der Waals surface area contributed by atoms with E-state index in [2.05, 4.69) is 10.6 Å². The number of carbonyl (C=O) groups excluding carboxylic acids is 1. The zero-order valence-electron chi connectivity index (χ0n) is 11.5. The van der Waals surface area contributed by atoms with Crippen LogP contribution < -0.4 is 10.6 Å². The van der Waals surface area contributed by atoms with Gasteiger partial charge >= 0.3 is 12.0 Å². The molecular formula is C14H7Cl5N2O3. The van der Waals surface area contributed by atoms with E-state index in [1.165, 1.54) is 18.2 Å². The van der Waals surface area contributed by atoms with Crippen LogP contribution in [0.1, 0.15) is 10.4 Å². The van der Waals surface area contributed by atoms with Gasteiger partial charge in [0.15, 0.2) is 0 Å². The number of anilines is 2. The highest BCUT2D eigenvalue weighted by atomic mass is 35.5. The van der Waals surface area contributed by atoms with Crippen molar-refractivity contribution in [2.45, 2.75) is 0 Å². The average molecular weight is 428 g/mol. The molecule has 5 nitrogen and oxygen atoms in total. The summed E-state index contributed by atoms with van der Waals surface area (Å²) < 4.78 is 0. The summed E-state index contributed by atoms with van der Waals surface area (Å²) in [6, 6.07) is 4.44. The van der Waals surface area contributed by atoms with E-state index in [-0.39, 0.29) is 37.0 Å². The second-order valence-electron chi connectivity index (χ2n) is 4.44. The van der Waals surface area contributed by atoms with Gasteiger partial charge in [0.25, 0.3) is 0 Å². The summed E-state index contributed by atoms with van der Waals surface area (Å²) in [6.07, 6.45) is 0. The molecule has 0 aliphatic carbocycles. The van der Waals surface area contributed by atoms with Crippen LogP contribution in [0.3, 0.4) is 0 Å². The standard InChI is InChI=1S/C14H7Cl5N2O3/c15-5-1-7(13(22)23)11(8(17)2-5)20-14(24)21-12-9(18)3-6(16)4-10(12)19/h1-4H,(H,22,23)(H2,20,21,24). The maximum absolute atomic E-state index is 12.1. The third kappa shape index (κ3) is 4.37. The highest BCUT2D eigenvalue weighted by Gasteiger charge is 2.18. The van der Waals surface area contributed by atoms with Gasteiger partial charge in [0.2, 0.25) is 0 Å². The smallest absolute Gasteiger partial charge is 0.337 e. The molecule has 2 amide bonds. The van der Waals surface area contributed by atoms with Crippen LogP contribution in [-0.4, -0.2) is 17.1 Å². The first-order valence-corrected chi connectivity index (χ1v) is 8.03. The van der Waals surface area contributed by atoms with Gasteiger partial charge in [-0.15, -0.1) is 0 Å². The molecule has 0 fully saturated rings. The highest BCUT2D eigenvalue weighted by Crippen LogP contribution is 2.34. The number of carboxylic acid groups (broad SMARTS) is 1. The van der Waals surface area contributed by atoms with Crippen molar-refractivity contribution in [3.8, 4) is 0 Å². The Morgan fingerprint density at radius 2 is 1.17 bits per heavy atom. The Hall–Kier alpha value is -1.37. The fraction of sp³-hybridized carbons (Fsp3) is 0. The third-order valence-electron chi connectivity index (χ3n) is 2.77. The lowest BCUT2D eigenvalue weighted by molar-refractivity contribution is 0.0698. The molecule has 3 N–H and O–H groups in total. The molecule has 0 heterocycles. The number of carbonyl (C=O) groups is 2. The van der Waals surface area contributed by atoms with E-state index >= 15 is 0 Å². The molecule has 0 atom stereocenters. The third-order valence-corrected chi connectivity index (χ3v) is 4.10. The largest absolute Gasteiger partial charge is 0.478 e. The number of rotatable bonds is 3. The van der Waals surface area contributed by atoms with Crippen molar-refractivity contribution in [3.05, 3.63) is 54.9 Å². The number of hydrogen-bond acceptors (Lipinski definition) is 2. The van der Waals surface area contributed by atoms with Gasteiger partial charge in [-0.25, -0.2) is 9.59 Å². The van der Waals surface area contributed by atoms with Gasteiger partial charge in [-0.2, -0.15) is 0 Å². The zero-order chi connectivity index (χ0) is 18.0. The maximum Gasteiger partial charge on any atom is 0.337 e. The number of nitrogens with one attached hydrogen (secondary N) is 2. The molecule has 0 saturated heterocycles. The Morgan fingerprint density at radius 1 is 0.750 bits per heavy atom. The van der Waals surface area contributed by atoms with Gasteiger partial charge < -0.3 is 15.7 Å². The van der Waals surface area contributed by atoms with Gasteiger partial charge in [0.05, 0.1) is 32.0 Å². The van der Waals surface area contributed by atoms with E-state index in [9.17, 15) is 14.7 Å². The Bertz CT molecular complexity index is 818. The van der Waals surface area contributed by atoms with Crippen molar-refractivity contribution in [1.82, 2.24) is 0 Å². The minimum absolute atomic E-state index is 0.0386. The number of aromatic carboxylic acids is 1. The summed E-state index contributed by atoms with van der Waals surface area (Å²) in [5.41, 5.74) is -0.273. The van der Waals surface area contributed by atoms with E-state index < -0.39 is 12.0 Å². The summed E-state index contributed by atoms with van der Waals surface area (Å²) in [6.45, 7) is 0. The minimum atomic E-state index is -1.31.